The molecule has 0 atom stereocenters. The van der Waals surface area contributed by atoms with Crippen molar-refractivity contribution in [3.8, 4) is 68.7 Å². The van der Waals surface area contributed by atoms with Crippen LogP contribution >= 0.6 is 0 Å². The van der Waals surface area contributed by atoms with Crippen LogP contribution in [0.2, 0.25) is 0 Å². The molecule has 11 aromatic rings. The van der Waals surface area contributed by atoms with Crippen LogP contribution in [0.25, 0.3) is 78.5 Å². The molecule has 0 saturated carbocycles. The van der Waals surface area contributed by atoms with Gasteiger partial charge in [0.1, 0.15) is 11.6 Å². The van der Waals surface area contributed by atoms with Crippen molar-refractivity contribution in [1.82, 2.24) is 19.1 Å². The van der Waals surface area contributed by atoms with Crippen molar-refractivity contribution in [2.24, 2.45) is 0 Å². The molecule has 0 aliphatic heterocycles. The second-order valence-electron chi connectivity index (χ2n) is 16.4. The van der Waals surface area contributed by atoms with Gasteiger partial charge in [-0.05, 0) is 156 Å². The Kier molecular flexibility index (Phi) is 9.95. The standard InChI is InChI=1S/C60H43N5/c1-4-43-23-31-50(32-24-43)63(51-33-25-44(26-34-51)53-37-29-46(39-41(53)2)59-61-55-19-11-13-21-57(55)64(59)48-15-7-5-8-16-48)52-35-27-45(28-36-52)54-38-30-47(40-42(54)3)60-62-56-20-12-14-22-58(56)65(60)49-17-9-6-10-18-49/h1,5-40H,2-3H3. The summed E-state index contributed by atoms with van der Waals surface area (Å²) in [6.45, 7) is 4.36. The van der Waals surface area contributed by atoms with E-state index in [0.29, 0.717) is 0 Å². The molecule has 0 radical (unpaired) electrons. The maximum Gasteiger partial charge on any atom is 0.145 e. The molecule has 11 rings (SSSR count). The average Bonchev–Trinajstić information content (AvgIpc) is 3.95. The van der Waals surface area contributed by atoms with E-state index in [1.807, 2.05) is 36.4 Å². The van der Waals surface area contributed by atoms with Gasteiger partial charge in [0.05, 0.1) is 22.1 Å². The number of nitrogens with zero attached hydrogens (tertiary/aromatic N) is 5. The number of imidazole rings is 2. The van der Waals surface area contributed by atoms with Gasteiger partial charge in [0.2, 0.25) is 0 Å². The molecule has 0 N–H and O–H groups in total. The maximum absolute atomic E-state index is 5.78. The molecule has 65 heavy (non-hydrogen) atoms. The first-order valence-electron chi connectivity index (χ1n) is 21.9. The van der Waals surface area contributed by atoms with Crippen molar-refractivity contribution < 1.29 is 0 Å². The van der Waals surface area contributed by atoms with Crippen molar-refractivity contribution in [2.45, 2.75) is 13.8 Å². The van der Waals surface area contributed by atoms with E-state index in [2.05, 4.69) is 216 Å². The molecule has 308 valence electrons. The topological polar surface area (TPSA) is 38.9 Å². The monoisotopic (exact) mass is 833 g/mol. The molecule has 0 unspecified atom stereocenters. The summed E-state index contributed by atoms with van der Waals surface area (Å²) in [4.78, 5) is 12.5. The van der Waals surface area contributed by atoms with Gasteiger partial charge in [0.15, 0.2) is 0 Å². The van der Waals surface area contributed by atoms with Crippen LogP contribution in [0.5, 0.6) is 0 Å². The van der Waals surface area contributed by atoms with Gasteiger partial charge in [0, 0.05) is 45.1 Å². The molecule has 5 nitrogen and oxygen atoms in total. The Labute approximate surface area is 379 Å². The number of benzene rings is 9. The second-order valence-corrected chi connectivity index (χ2v) is 16.4. The summed E-state index contributed by atoms with van der Waals surface area (Å²) in [5.74, 6) is 4.62. The van der Waals surface area contributed by atoms with E-state index in [-0.39, 0.29) is 0 Å². The van der Waals surface area contributed by atoms with E-state index in [0.717, 1.165) is 90.0 Å². The molecule has 0 bridgehead atoms. The molecule has 0 spiro atoms. The third-order valence-corrected chi connectivity index (χ3v) is 12.3. The lowest BCUT2D eigenvalue weighted by molar-refractivity contribution is 1.10. The first-order chi connectivity index (χ1) is 32.0. The van der Waals surface area contributed by atoms with Gasteiger partial charge >= 0.3 is 0 Å². The normalized spacial score (nSPS) is 11.2. The number of hydrogen-bond acceptors (Lipinski definition) is 3. The Morgan fingerprint density at radius 3 is 1.17 bits per heavy atom. The van der Waals surface area contributed by atoms with Crippen LogP contribution in [0, 0.1) is 26.2 Å². The Balaban J connectivity index is 0.905. The van der Waals surface area contributed by atoms with E-state index in [9.17, 15) is 0 Å². The predicted molar refractivity (Wildman–Crippen MR) is 270 cm³/mol. The summed E-state index contributed by atoms with van der Waals surface area (Å²) in [6, 6.07) is 76.7. The fraction of sp³-hybridized carbons (Fsp3) is 0.0333. The van der Waals surface area contributed by atoms with E-state index in [1.165, 1.54) is 22.3 Å². The highest BCUT2D eigenvalue weighted by atomic mass is 15.1. The van der Waals surface area contributed by atoms with Crippen LogP contribution in [0.4, 0.5) is 17.1 Å². The van der Waals surface area contributed by atoms with Crippen molar-refractivity contribution in [2.75, 3.05) is 4.90 Å². The first-order valence-corrected chi connectivity index (χ1v) is 21.9. The number of hydrogen-bond donors (Lipinski definition) is 0. The summed E-state index contributed by atoms with van der Waals surface area (Å²) < 4.78 is 4.50. The SMILES string of the molecule is C#Cc1ccc(N(c2ccc(-c3ccc(-c4nc5ccccc5n4-c4ccccc4)cc3C)cc2)c2ccc(-c3ccc(-c4nc5ccccc5n4-c4ccccc4)cc3C)cc2)cc1. The van der Waals surface area contributed by atoms with Gasteiger partial charge in [-0.1, -0.05) is 115 Å². The number of terminal acetylenes is 1. The molecule has 5 heteroatoms. The highest BCUT2D eigenvalue weighted by Crippen LogP contribution is 2.39. The zero-order valence-corrected chi connectivity index (χ0v) is 36.1. The van der Waals surface area contributed by atoms with Crippen molar-refractivity contribution in [1.29, 1.82) is 0 Å². The smallest absolute Gasteiger partial charge is 0.145 e. The van der Waals surface area contributed by atoms with Gasteiger partial charge in [-0.3, -0.25) is 9.13 Å². The maximum atomic E-state index is 5.78. The number of aromatic nitrogens is 4. The Morgan fingerprint density at radius 1 is 0.400 bits per heavy atom. The molecule has 0 aliphatic rings. The van der Waals surface area contributed by atoms with E-state index < -0.39 is 0 Å². The minimum absolute atomic E-state index is 0.843. The van der Waals surface area contributed by atoms with Crippen LogP contribution < -0.4 is 4.90 Å². The predicted octanol–water partition coefficient (Wildman–Crippen LogP) is 15.1. The molecule has 2 heterocycles. The number of fused-ring (bicyclic) bond motifs is 2. The zero-order valence-electron chi connectivity index (χ0n) is 36.1. The molecular weight excluding hydrogens is 791 g/mol. The van der Waals surface area contributed by atoms with E-state index in [4.69, 9.17) is 16.4 Å². The number of aryl methyl sites for hydroxylation is 2. The molecule has 9 aromatic carbocycles. The third-order valence-electron chi connectivity index (χ3n) is 12.3. The summed E-state index contributed by atoms with van der Waals surface area (Å²) in [5.41, 5.74) is 19.4. The fourth-order valence-corrected chi connectivity index (χ4v) is 9.10. The Bertz CT molecular complexity index is 3330. The van der Waals surface area contributed by atoms with Crippen molar-refractivity contribution in [3.63, 3.8) is 0 Å². The van der Waals surface area contributed by atoms with E-state index in [1.54, 1.807) is 0 Å². The fourth-order valence-electron chi connectivity index (χ4n) is 9.10. The van der Waals surface area contributed by atoms with Gasteiger partial charge in [0.25, 0.3) is 0 Å². The average molecular weight is 834 g/mol. The van der Waals surface area contributed by atoms with E-state index >= 15 is 0 Å². The van der Waals surface area contributed by atoms with Crippen LogP contribution in [-0.4, -0.2) is 19.1 Å². The minimum Gasteiger partial charge on any atom is -0.311 e. The van der Waals surface area contributed by atoms with Crippen LogP contribution in [0.3, 0.4) is 0 Å². The lowest BCUT2D eigenvalue weighted by Gasteiger charge is -2.26. The highest BCUT2D eigenvalue weighted by molar-refractivity contribution is 5.87. The number of para-hydroxylation sites is 6. The van der Waals surface area contributed by atoms with Gasteiger partial charge < -0.3 is 4.90 Å². The van der Waals surface area contributed by atoms with Crippen LogP contribution in [-0.2, 0) is 0 Å². The minimum atomic E-state index is 0.843. The molecule has 0 amide bonds. The van der Waals surface area contributed by atoms with Crippen molar-refractivity contribution in [3.05, 3.63) is 235 Å². The summed E-state index contributed by atoms with van der Waals surface area (Å²) in [7, 11) is 0. The van der Waals surface area contributed by atoms with Gasteiger partial charge in [-0.15, -0.1) is 6.42 Å². The highest BCUT2D eigenvalue weighted by Gasteiger charge is 2.19. The third kappa shape index (κ3) is 7.23. The zero-order chi connectivity index (χ0) is 43.9. The van der Waals surface area contributed by atoms with Gasteiger partial charge in [-0.25, -0.2) is 9.97 Å². The number of rotatable bonds is 9. The summed E-state index contributed by atoms with van der Waals surface area (Å²) >= 11 is 0. The quantitative estimate of drug-likeness (QED) is 0.136. The Morgan fingerprint density at radius 2 is 0.769 bits per heavy atom. The van der Waals surface area contributed by atoms with Gasteiger partial charge in [-0.2, -0.15) is 0 Å². The Hall–Kier alpha value is -8.72. The van der Waals surface area contributed by atoms with Crippen LogP contribution in [0.1, 0.15) is 16.7 Å². The second kappa shape index (κ2) is 16.5. The molecule has 0 saturated heterocycles. The summed E-state index contributed by atoms with van der Waals surface area (Å²) in [6.07, 6.45) is 5.78. The largest absolute Gasteiger partial charge is 0.311 e. The lowest BCUT2D eigenvalue weighted by Crippen LogP contribution is -2.09. The molecular formula is C60H43N5. The number of anilines is 3. The molecule has 2 aromatic heterocycles. The lowest BCUT2D eigenvalue weighted by atomic mass is 9.97. The first kappa shape index (κ1) is 39.1. The van der Waals surface area contributed by atoms with Crippen molar-refractivity contribution >= 4 is 39.1 Å². The molecule has 0 fully saturated rings. The van der Waals surface area contributed by atoms with Crippen LogP contribution in [0.15, 0.2) is 218 Å². The molecule has 0 aliphatic carbocycles. The summed E-state index contributed by atoms with van der Waals surface area (Å²) in [5, 5.41) is 0.